The molecule has 18 heavy (non-hydrogen) atoms. The number of aromatic nitrogens is 1. The van der Waals surface area contributed by atoms with Gasteiger partial charge in [0.05, 0.1) is 12.8 Å². The Labute approximate surface area is 115 Å². The molecule has 0 atom stereocenters. The number of hydrogen-bond donors (Lipinski definition) is 0. The predicted octanol–water partition coefficient (Wildman–Crippen LogP) is 3.82. The lowest BCUT2D eigenvalue weighted by molar-refractivity contribution is 0.304. The van der Waals surface area contributed by atoms with Gasteiger partial charge in [-0.1, -0.05) is 12.1 Å². The van der Waals surface area contributed by atoms with Crippen LogP contribution < -0.4 is 9.47 Å². The summed E-state index contributed by atoms with van der Waals surface area (Å²) >= 11 is 3.36. The Balaban J connectivity index is 1.93. The highest BCUT2D eigenvalue weighted by molar-refractivity contribution is 9.10. The van der Waals surface area contributed by atoms with E-state index in [1.165, 1.54) is 0 Å². The van der Waals surface area contributed by atoms with Crippen LogP contribution in [0.3, 0.4) is 0 Å². The highest BCUT2D eigenvalue weighted by Gasteiger charge is 1.98. The Morgan fingerprint density at radius 3 is 2.50 bits per heavy atom. The fourth-order valence-corrected chi connectivity index (χ4v) is 1.83. The summed E-state index contributed by atoms with van der Waals surface area (Å²) in [5.41, 5.74) is 1.10. The quantitative estimate of drug-likeness (QED) is 0.841. The maximum Gasteiger partial charge on any atom is 0.139 e. The SMILES string of the molecule is CCOc1ccc(COc2cncc(Br)c2)cc1. The maximum absolute atomic E-state index is 5.64. The van der Waals surface area contributed by atoms with Crippen LogP contribution in [-0.2, 0) is 6.61 Å². The minimum Gasteiger partial charge on any atom is -0.494 e. The van der Waals surface area contributed by atoms with Crippen molar-refractivity contribution < 1.29 is 9.47 Å². The van der Waals surface area contributed by atoms with E-state index in [2.05, 4.69) is 20.9 Å². The van der Waals surface area contributed by atoms with E-state index in [0.717, 1.165) is 21.5 Å². The molecular formula is C14H14BrNO2. The van der Waals surface area contributed by atoms with Gasteiger partial charge in [-0.3, -0.25) is 4.98 Å². The van der Waals surface area contributed by atoms with Crippen molar-refractivity contribution in [3.05, 3.63) is 52.8 Å². The number of pyridine rings is 1. The molecule has 2 rings (SSSR count). The lowest BCUT2D eigenvalue weighted by atomic mass is 10.2. The summed E-state index contributed by atoms with van der Waals surface area (Å²) in [6.45, 7) is 3.17. The molecule has 94 valence electrons. The fourth-order valence-electron chi connectivity index (χ4n) is 1.49. The first kappa shape index (κ1) is 12.9. The van der Waals surface area contributed by atoms with Crippen LogP contribution in [0, 0.1) is 0 Å². The lowest BCUT2D eigenvalue weighted by Gasteiger charge is -2.07. The van der Waals surface area contributed by atoms with E-state index in [0.29, 0.717) is 13.2 Å². The summed E-state index contributed by atoms with van der Waals surface area (Å²) in [5.74, 6) is 1.63. The minimum atomic E-state index is 0.518. The molecule has 0 spiro atoms. The number of benzene rings is 1. The van der Waals surface area contributed by atoms with Crippen molar-refractivity contribution in [1.82, 2.24) is 4.98 Å². The Morgan fingerprint density at radius 2 is 1.83 bits per heavy atom. The molecule has 0 amide bonds. The molecule has 1 aromatic carbocycles. The first-order valence-corrected chi connectivity index (χ1v) is 6.52. The van der Waals surface area contributed by atoms with Gasteiger partial charge in [0.2, 0.25) is 0 Å². The van der Waals surface area contributed by atoms with Crippen LogP contribution in [0.4, 0.5) is 0 Å². The van der Waals surface area contributed by atoms with Crippen molar-refractivity contribution in [2.45, 2.75) is 13.5 Å². The number of halogens is 1. The molecule has 0 N–H and O–H groups in total. The minimum absolute atomic E-state index is 0.518. The van der Waals surface area contributed by atoms with E-state index in [1.54, 1.807) is 12.4 Å². The van der Waals surface area contributed by atoms with E-state index in [1.807, 2.05) is 37.3 Å². The Morgan fingerprint density at radius 1 is 1.06 bits per heavy atom. The molecule has 0 aliphatic heterocycles. The van der Waals surface area contributed by atoms with Crippen LogP contribution in [0.15, 0.2) is 47.2 Å². The van der Waals surface area contributed by atoms with E-state index in [4.69, 9.17) is 9.47 Å². The molecule has 0 aliphatic carbocycles. The molecule has 1 aromatic heterocycles. The third kappa shape index (κ3) is 3.74. The summed E-state index contributed by atoms with van der Waals surface area (Å²) in [5, 5.41) is 0. The van der Waals surface area contributed by atoms with Crippen molar-refractivity contribution in [3.63, 3.8) is 0 Å². The Kier molecular flexibility index (Phi) is 4.59. The summed E-state index contributed by atoms with van der Waals surface area (Å²) in [4.78, 5) is 4.04. The van der Waals surface area contributed by atoms with Crippen molar-refractivity contribution in [2.24, 2.45) is 0 Å². The van der Waals surface area contributed by atoms with E-state index in [-0.39, 0.29) is 0 Å². The van der Waals surface area contributed by atoms with Gasteiger partial charge in [-0.05, 0) is 46.6 Å². The molecule has 0 saturated carbocycles. The zero-order chi connectivity index (χ0) is 12.8. The zero-order valence-electron chi connectivity index (χ0n) is 10.1. The van der Waals surface area contributed by atoms with Crippen molar-refractivity contribution in [3.8, 4) is 11.5 Å². The number of ether oxygens (including phenoxy) is 2. The largest absolute Gasteiger partial charge is 0.494 e. The highest BCUT2D eigenvalue weighted by Crippen LogP contribution is 2.18. The second-order valence-corrected chi connectivity index (χ2v) is 4.62. The van der Waals surface area contributed by atoms with E-state index >= 15 is 0 Å². The second kappa shape index (κ2) is 6.40. The van der Waals surface area contributed by atoms with Gasteiger partial charge in [0.1, 0.15) is 18.1 Å². The molecule has 0 saturated heterocycles. The van der Waals surface area contributed by atoms with Gasteiger partial charge in [0.15, 0.2) is 0 Å². The third-order valence-electron chi connectivity index (χ3n) is 2.32. The maximum atomic E-state index is 5.64. The van der Waals surface area contributed by atoms with Gasteiger partial charge in [0.25, 0.3) is 0 Å². The molecule has 0 bridgehead atoms. The molecule has 0 radical (unpaired) electrons. The normalized spacial score (nSPS) is 10.1. The summed E-state index contributed by atoms with van der Waals surface area (Å²) in [6, 6.07) is 9.77. The standard InChI is InChI=1S/C14H14BrNO2/c1-2-17-13-5-3-11(4-6-13)10-18-14-7-12(15)8-16-9-14/h3-9H,2,10H2,1H3. The molecular weight excluding hydrogens is 294 g/mol. The molecule has 4 heteroatoms. The first-order chi connectivity index (χ1) is 8.78. The first-order valence-electron chi connectivity index (χ1n) is 5.73. The topological polar surface area (TPSA) is 31.4 Å². The highest BCUT2D eigenvalue weighted by atomic mass is 79.9. The monoisotopic (exact) mass is 307 g/mol. The van der Waals surface area contributed by atoms with Gasteiger partial charge in [0, 0.05) is 10.7 Å². The number of nitrogens with zero attached hydrogens (tertiary/aromatic N) is 1. The number of rotatable bonds is 5. The van der Waals surface area contributed by atoms with Gasteiger partial charge >= 0.3 is 0 Å². The fraction of sp³-hybridized carbons (Fsp3) is 0.214. The molecule has 1 heterocycles. The third-order valence-corrected chi connectivity index (χ3v) is 2.75. The van der Waals surface area contributed by atoms with Crippen LogP contribution in [0.5, 0.6) is 11.5 Å². The molecule has 3 nitrogen and oxygen atoms in total. The van der Waals surface area contributed by atoms with Gasteiger partial charge in [-0.25, -0.2) is 0 Å². The average molecular weight is 308 g/mol. The van der Waals surface area contributed by atoms with Gasteiger partial charge < -0.3 is 9.47 Å². The Bertz CT molecular complexity index is 499. The van der Waals surface area contributed by atoms with Crippen LogP contribution in [0.25, 0.3) is 0 Å². The molecule has 0 fully saturated rings. The average Bonchev–Trinajstić information content (AvgIpc) is 2.38. The van der Waals surface area contributed by atoms with Gasteiger partial charge in [-0.15, -0.1) is 0 Å². The molecule has 0 aliphatic rings. The van der Waals surface area contributed by atoms with E-state index in [9.17, 15) is 0 Å². The summed E-state index contributed by atoms with van der Waals surface area (Å²) in [7, 11) is 0. The van der Waals surface area contributed by atoms with Gasteiger partial charge in [-0.2, -0.15) is 0 Å². The smallest absolute Gasteiger partial charge is 0.139 e. The second-order valence-electron chi connectivity index (χ2n) is 3.70. The predicted molar refractivity (Wildman–Crippen MR) is 73.9 cm³/mol. The Hall–Kier alpha value is -1.55. The van der Waals surface area contributed by atoms with Crippen LogP contribution in [-0.4, -0.2) is 11.6 Å². The van der Waals surface area contributed by atoms with Crippen molar-refractivity contribution >= 4 is 15.9 Å². The van der Waals surface area contributed by atoms with Crippen molar-refractivity contribution in [2.75, 3.05) is 6.61 Å². The van der Waals surface area contributed by atoms with Crippen LogP contribution >= 0.6 is 15.9 Å². The molecule has 0 unspecified atom stereocenters. The summed E-state index contributed by atoms with van der Waals surface area (Å²) in [6.07, 6.45) is 3.42. The van der Waals surface area contributed by atoms with Crippen molar-refractivity contribution in [1.29, 1.82) is 0 Å². The molecule has 2 aromatic rings. The summed E-state index contributed by atoms with van der Waals surface area (Å²) < 4.78 is 11.9. The van der Waals surface area contributed by atoms with E-state index < -0.39 is 0 Å². The van der Waals surface area contributed by atoms with Crippen LogP contribution in [0.2, 0.25) is 0 Å². The zero-order valence-corrected chi connectivity index (χ0v) is 11.7. The van der Waals surface area contributed by atoms with Crippen LogP contribution in [0.1, 0.15) is 12.5 Å². The number of hydrogen-bond acceptors (Lipinski definition) is 3. The lowest BCUT2D eigenvalue weighted by Crippen LogP contribution is -1.96.